The van der Waals surface area contributed by atoms with Crippen LogP contribution in [0.25, 0.3) is 0 Å². The summed E-state index contributed by atoms with van der Waals surface area (Å²) < 4.78 is 1.88. The number of hydrogen-bond donors (Lipinski definition) is 0. The molecule has 1 aromatic rings. The molecule has 0 amide bonds. The summed E-state index contributed by atoms with van der Waals surface area (Å²) in [5, 5.41) is 8.05. The molecule has 0 bridgehead atoms. The summed E-state index contributed by atoms with van der Waals surface area (Å²) in [5.74, 6) is 0. The van der Waals surface area contributed by atoms with Crippen LogP contribution in [-0.2, 0) is 13.0 Å². The Bertz CT molecular complexity index is 218. The molecule has 0 radical (unpaired) electrons. The minimum atomic E-state index is 0.917. The highest BCUT2D eigenvalue weighted by molar-refractivity contribution is 4.91. The van der Waals surface area contributed by atoms with Gasteiger partial charge in [-0.2, -0.15) is 0 Å². The second kappa shape index (κ2) is 8.73. The number of aromatic nitrogens is 3. The van der Waals surface area contributed by atoms with E-state index in [-0.39, 0.29) is 0 Å². The van der Waals surface area contributed by atoms with Gasteiger partial charge in [0.05, 0.1) is 5.69 Å². The first kappa shape index (κ1) is 13.1. The smallest absolute Gasteiger partial charge is 0.0827 e. The van der Waals surface area contributed by atoms with Crippen LogP contribution in [0.4, 0.5) is 0 Å². The minimum absolute atomic E-state index is 0.917. The van der Waals surface area contributed by atoms with Crippen LogP contribution in [0, 0.1) is 0 Å². The molecule has 1 heterocycles. The lowest BCUT2D eigenvalue weighted by molar-refractivity contribution is 0.626. The Morgan fingerprint density at radius 1 is 1.21 bits per heavy atom. The van der Waals surface area contributed by atoms with Crippen molar-refractivity contribution in [3.05, 3.63) is 11.9 Å². The lowest BCUT2D eigenvalue weighted by atomic mass is 10.2. The standard InChI is InChI=1S/C9H17N3.C2H6/c1-3-5-6-7-9-8-12(4-2)11-10-9;1-2/h8H,3-7H2,1-2H3;1-2H3. The maximum absolute atomic E-state index is 4.07. The summed E-state index contributed by atoms with van der Waals surface area (Å²) in [6.45, 7) is 9.20. The molecule has 3 heteroatoms. The van der Waals surface area contributed by atoms with Gasteiger partial charge in [0.1, 0.15) is 0 Å². The van der Waals surface area contributed by atoms with E-state index in [0.29, 0.717) is 0 Å². The van der Waals surface area contributed by atoms with Gasteiger partial charge in [0.2, 0.25) is 0 Å². The predicted molar refractivity (Wildman–Crippen MR) is 60.3 cm³/mol. The third kappa shape index (κ3) is 5.00. The van der Waals surface area contributed by atoms with E-state index in [0.717, 1.165) is 18.7 Å². The highest BCUT2D eigenvalue weighted by Crippen LogP contribution is 2.02. The van der Waals surface area contributed by atoms with Crippen molar-refractivity contribution in [2.75, 3.05) is 0 Å². The van der Waals surface area contributed by atoms with E-state index in [1.807, 2.05) is 24.7 Å². The van der Waals surface area contributed by atoms with Crippen LogP contribution in [-0.4, -0.2) is 15.0 Å². The van der Waals surface area contributed by atoms with Crippen molar-refractivity contribution in [2.24, 2.45) is 0 Å². The molecule has 0 aliphatic heterocycles. The molecule has 1 rings (SSSR count). The van der Waals surface area contributed by atoms with Crippen LogP contribution in [0.5, 0.6) is 0 Å². The number of unbranched alkanes of at least 4 members (excludes halogenated alkanes) is 2. The van der Waals surface area contributed by atoms with E-state index in [1.165, 1.54) is 19.3 Å². The highest BCUT2D eigenvalue weighted by atomic mass is 15.4. The van der Waals surface area contributed by atoms with Crippen LogP contribution in [0.2, 0.25) is 0 Å². The van der Waals surface area contributed by atoms with Gasteiger partial charge < -0.3 is 0 Å². The Morgan fingerprint density at radius 3 is 2.43 bits per heavy atom. The van der Waals surface area contributed by atoms with E-state index in [1.54, 1.807) is 0 Å². The molecule has 0 saturated heterocycles. The van der Waals surface area contributed by atoms with E-state index in [9.17, 15) is 0 Å². The summed E-state index contributed by atoms with van der Waals surface area (Å²) in [7, 11) is 0. The van der Waals surface area contributed by atoms with Gasteiger partial charge in [-0.3, -0.25) is 4.68 Å². The maximum Gasteiger partial charge on any atom is 0.0827 e. The topological polar surface area (TPSA) is 30.7 Å². The molecule has 0 fully saturated rings. The highest BCUT2D eigenvalue weighted by Gasteiger charge is 1.97. The summed E-state index contributed by atoms with van der Waals surface area (Å²) in [4.78, 5) is 0. The molecule has 3 nitrogen and oxygen atoms in total. The molecule has 0 spiro atoms. The van der Waals surface area contributed by atoms with E-state index < -0.39 is 0 Å². The Labute approximate surface area is 87.5 Å². The molecule has 1 aromatic heterocycles. The average Bonchev–Trinajstić information content (AvgIpc) is 2.69. The maximum atomic E-state index is 4.07. The largest absolute Gasteiger partial charge is 0.253 e. The van der Waals surface area contributed by atoms with Crippen molar-refractivity contribution in [1.29, 1.82) is 0 Å². The molecule has 0 N–H and O–H groups in total. The van der Waals surface area contributed by atoms with Crippen molar-refractivity contribution >= 4 is 0 Å². The minimum Gasteiger partial charge on any atom is -0.253 e. The van der Waals surface area contributed by atoms with Crippen molar-refractivity contribution < 1.29 is 0 Å². The van der Waals surface area contributed by atoms with Crippen molar-refractivity contribution in [3.63, 3.8) is 0 Å². The van der Waals surface area contributed by atoms with Crippen LogP contribution in [0.1, 0.15) is 52.7 Å². The van der Waals surface area contributed by atoms with Crippen LogP contribution < -0.4 is 0 Å². The molecule has 82 valence electrons. The van der Waals surface area contributed by atoms with Gasteiger partial charge in [-0.15, -0.1) is 5.10 Å². The Kier molecular flexibility index (Phi) is 8.19. The summed E-state index contributed by atoms with van der Waals surface area (Å²) in [6.07, 6.45) is 6.91. The number of rotatable bonds is 5. The SMILES string of the molecule is CC.CCCCCc1cn(CC)nn1. The molecule has 0 atom stereocenters. The number of aryl methyl sites for hydroxylation is 2. The molecular weight excluding hydrogens is 174 g/mol. The quantitative estimate of drug-likeness (QED) is 0.679. The molecule has 0 saturated carbocycles. The first-order chi connectivity index (χ1) is 6.86. The second-order valence-electron chi connectivity index (χ2n) is 3.02. The Hall–Kier alpha value is -0.860. The summed E-state index contributed by atoms with van der Waals surface area (Å²) in [6, 6.07) is 0. The van der Waals surface area contributed by atoms with E-state index in [4.69, 9.17) is 0 Å². The van der Waals surface area contributed by atoms with Gasteiger partial charge in [0.25, 0.3) is 0 Å². The van der Waals surface area contributed by atoms with Crippen LogP contribution in [0.15, 0.2) is 6.20 Å². The predicted octanol–water partition coefficient (Wildman–Crippen LogP) is 3.06. The molecule has 0 aromatic carbocycles. The fourth-order valence-electron chi connectivity index (χ4n) is 1.16. The average molecular weight is 197 g/mol. The third-order valence-electron chi connectivity index (χ3n) is 1.95. The zero-order valence-corrected chi connectivity index (χ0v) is 9.95. The van der Waals surface area contributed by atoms with Gasteiger partial charge in [0.15, 0.2) is 0 Å². The zero-order valence-electron chi connectivity index (χ0n) is 9.95. The van der Waals surface area contributed by atoms with Crippen LogP contribution in [0.3, 0.4) is 0 Å². The fourth-order valence-corrected chi connectivity index (χ4v) is 1.16. The summed E-state index contributed by atoms with van der Waals surface area (Å²) in [5.41, 5.74) is 1.13. The van der Waals surface area contributed by atoms with Crippen molar-refractivity contribution in [3.8, 4) is 0 Å². The normalized spacial score (nSPS) is 9.43. The van der Waals surface area contributed by atoms with Gasteiger partial charge in [-0.05, 0) is 19.8 Å². The molecule has 0 aliphatic carbocycles. The third-order valence-corrected chi connectivity index (χ3v) is 1.95. The van der Waals surface area contributed by atoms with Gasteiger partial charge >= 0.3 is 0 Å². The molecule has 0 unspecified atom stereocenters. The first-order valence-corrected chi connectivity index (χ1v) is 5.75. The van der Waals surface area contributed by atoms with Gasteiger partial charge in [0, 0.05) is 12.7 Å². The van der Waals surface area contributed by atoms with E-state index in [2.05, 4.69) is 24.2 Å². The van der Waals surface area contributed by atoms with E-state index >= 15 is 0 Å². The second-order valence-corrected chi connectivity index (χ2v) is 3.02. The van der Waals surface area contributed by atoms with Gasteiger partial charge in [-0.25, -0.2) is 0 Å². The first-order valence-electron chi connectivity index (χ1n) is 5.75. The lowest BCUT2D eigenvalue weighted by Crippen LogP contribution is -1.93. The van der Waals surface area contributed by atoms with Gasteiger partial charge in [-0.1, -0.05) is 38.8 Å². The number of nitrogens with zero attached hydrogens (tertiary/aromatic N) is 3. The van der Waals surface area contributed by atoms with Crippen molar-refractivity contribution in [1.82, 2.24) is 15.0 Å². The Morgan fingerprint density at radius 2 is 1.93 bits per heavy atom. The fraction of sp³-hybridized carbons (Fsp3) is 0.818. The molecular formula is C11H23N3. The Balaban J connectivity index is 0.000000791. The van der Waals surface area contributed by atoms with Crippen LogP contribution >= 0.6 is 0 Å². The number of hydrogen-bond acceptors (Lipinski definition) is 2. The van der Waals surface area contributed by atoms with Crippen molar-refractivity contribution in [2.45, 2.75) is 59.9 Å². The monoisotopic (exact) mass is 197 g/mol. The lowest BCUT2D eigenvalue weighted by Gasteiger charge is -1.92. The summed E-state index contributed by atoms with van der Waals surface area (Å²) >= 11 is 0. The zero-order chi connectivity index (χ0) is 10.8. The molecule has 0 aliphatic rings. The molecule has 14 heavy (non-hydrogen) atoms.